The van der Waals surface area contributed by atoms with E-state index in [0.717, 1.165) is 59.7 Å². The highest BCUT2D eigenvalue weighted by atomic mass is 32.2. The quantitative estimate of drug-likeness (QED) is 0.674. The number of H-pyrrole nitrogens is 2. The number of nitrogens with zero attached hydrogens (tertiary/aromatic N) is 2. The molecule has 2 aliphatic rings. The topological polar surface area (TPSA) is 104 Å². The first kappa shape index (κ1) is 14.4. The highest BCUT2D eigenvalue weighted by molar-refractivity contribution is 7.90. The second-order valence-corrected chi connectivity index (χ2v) is 8.96. The molecule has 5 rings (SSSR count). The number of aromatic amines is 2. The molecule has 0 amide bonds. The zero-order chi connectivity index (χ0) is 16.3. The van der Waals surface area contributed by atoms with Gasteiger partial charge in [0.1, 0.15) is 5.65 Å². The summed E-state index contributed by atoms with van der Waals surface area (Å²) >= 11 is 0. The van der Waals surface area contributed by atoms with Crippen LogP contribution in [0.1, 0.15) is 43.7 Å². The van der Waals surface area contributed by atoms with Crippen molar-refractivity contribution in [2.75, 3.05) is 0 Å². The van der Waals surface area contributed by atoms with Crippen LogP contribution >= 0.6 is 0 Å². The molecule has 0 unspecified atom stereocenters. The summed E-state index contributed by atoms with van der Waals surface area (Å²) < 4.78 is 27.2. The largest absolute Gasteiger partial charge is 0.346 e. The molecular weight excluding hydrogens is 326 g/mol. The van der Waals surface area contributed by atoms with Crippen molar-refractivity contribution in [3.8, 4) is 0 Å². The fraction of sp³-hybridized carbons (Fsp3) is 0.500. The van der Waals surface area contributed by atoms with E-state index in [-0.39, 0.29) is 17.2 Å². The van der Waals surface area contributed by atoms with Crippen molar-refractivity contribution in [1.29, 1.82) is 0 Å². The van der Waals surface area contributed by atoms with Gasteiger partial charge in [0.15, 0.2) is 0 Å². The van der Waals surface area contributed by atoms with Gasteiger partial charge in [0, 0.05) is 28.9 Å². The van der Waals surface area contributed by atoms with Crippen LogP contribution in [0.3, 0.4) is 0 Å². The first-order chi connectivity index (χ1) is 11.6. The Morgan fingerprint density at radius 1 is 1.21 bits per heavy atom. The Morgan fingerprint density at radius 3 is 2.92 bits per heavy atom. The molecule has 0 aliphatic heterocycles. The van der Waals surface area contributed by atoms with Gasteiger partial charge in [0.25, 0.3) is 0 Å². The maximum atomic E-state index is 12.1. The van der Waals surface area contributed by atoms with Crippen molar-refractivity contribution in [2.45, 2.75) is 49.3 Å². The Morgan fingerprint density at radius 2 is 2.08 bits per heavy atom. The average molecular weight is 345 g/mol. The lowest BCUT2D eigenvalue weighted by Gasteiger charge is -2.13. The third-order valence-corrected chi connectivity index (χ3v) is 7.26. The van der Waals surface area contributed by atoms with Crippen LogP contribution in [0.15, 0.2) is 18.5 Å². The monoisotopic (exact) mass is 345 g/mol. The van der Waals surface area contributed by atoms with E-state index in [1.165, 1.54) is 0 Å². The lowest BCUT2D eigenvalue weighted by atomic mass is 9.99. The molecule has 0 bridgehead atoms. The Hall–Kier alpha value is -1.93. The molecule has 2 atom stereocenters. The molecule has 3 heterocycles. The number of fused-ring (bicyclic) bond motifs is 3. The van der Waals surface area contributed by atoms with Gasteiger partial charge in [0.2, 0.25) is 10.0 Å². The zero-order valence-corrected chi connectivity index (χ0v) is 13.9. The Labute approximate surface area is 139 Å². The second-order valence-electron chi connectivity index (χ2n) is 6.96. The molecule has 8 heteroatoms. The van der Waals surface area contributed by atoms with Crippen molar-refractivity contribution >= 4 is 32.0 Å². The van der Waals surface area contributed by atoms with Crippen LogP contribution < -0.4 is 4.72 Å². The number of aromatic nitrogens is 4. The SMILES string of the molecule is O=S(=O)(N[C@@H]1CC[C@@H](c2n[nH]c3cnc4[nH]ccc4c23)C1)C1CC1. The third-order valence-electron chi connectivity index (χ3n) is 5.25. The standard InChI is InChI=1S/C16H19N5O2S/c22-24(23,11-3-4-11)21-10-2-1-9(7-10)15-14-12-5-6-17-16(12)18-8-13(14)19-20-15/h5-6,8-11,21H,1-4,7H2,(H,17,18)(H,19,20)/t9-,10-/m1/s1. The van der Waals surface area contributed by atoms with E-state index >= 15 is 0 Å². The van der Waals surface area contributed by atoms with Gasteiger partial charge in [-0.15, -0.1) is 0 Å². The highest BCUT2D eigenvalue weighted by Gasteiger charge is 2.39. The minimum Gasteiger partial charge on any atom is -0.346 e. The normalized spacial score (nSPS) is 25.0. The van der Waals surface area contributed by atoms with E-state index in [0.29, 0.717) is 0 Å². The smallest absolute Gasteiger partial charge is 0.214 e. The van der Waals surface area contributed by atoms with Gasteiger partial charge in [-0.25, -0.2) is 18.1 Å². The zero-order valence-electron chi connectivity index (χ0n) is 13.1. The molecule has 0 saturated heterocycles. The summed E-state index contributed by atoms with van der Waals surface area (Å²) in [6.07, 6.45) is 7.91. The lowest BCUT2D eigenvalue weighted by Crippen LogP contribution is -2.35. The summed E-state index contributed by atoms with van der Waals surface area (Å²) in [4.78, 5) is 7.51. The van der Waals surface area contributed by atoms with E-state index in [1.54, 1.807) is 6.20 Å². The van der Waals surface area contributed by atoms with Crippen LogP contribution in [0.25, 0.3) is 21.9 Å². The molecule has 3 N–H and O–H groups in total. The Kier molecular flexibility index (Phi) is 3.02. The van der Waals surface area contributed by atoms with Gasteiger partial charge >= 0.3 is 0 Å². The summed E-state index contributed by atoms with van der Waals surface area (Å²) in [6, 6.07) is 2.04. The highest BCUT2D eigenvalue weighted by Crippen LogP contribution is 2.39. The van der Waals surface area contributed by atoms with Crippen molar-refractivity contribution in [3.05, 3.63) is 24.2 Å². The van der Waals surface area contributed by atoms with E-state index in [2.05, 4.69) is 24.9 Å². The van der Waals surface area contributed by atoms with E-state index in [4.69, 9.17) is 0 Å². The van der Waals surface area contributed by atoms with E-state index in [9.17, 15) is 8.42 Å². The first-order valence-electron chi connectivity index (χ1n) is 8.43. The molecular formula is C16H19N5O2S. The maximum Gasteiger partial charge on any atom is 0.214 e. The molecule has 3 aromatic heterocycles. The number of sulfonamides is 1. The molecule has 126 valence electrons. The minimum atomic E-state index is -3.12. The minimum absolute atomic E-state index is 0.0240. The summed E-state index contributed by atoms with van der Waals surface area (Å²) in [5, 5.41) is 9.62. The fourth-order valence-corrected chi connectivity index (χ4v) is 5.51. The maximum absolute atomic E-state index is 12.1. The molecule has 2 aliphatic carbocycles. The summed E-state index contributed by atoms with van der Waals surface area (Å²) in [7, 11) is -3.12. The van der Waals surface area contributed by atoms with Crippen LogP contribution in [0.4, 0.5) is 0 Å². The van der Waals surface area contributed by atoms with Crippen LogP contribution in [0.2, 0.25) is 0 Å². The van der Waals surface area contributed by atoms with Gasteiger partial charge < -0.3 is 4.98 Å². The van der Waals surface area contributed by atoms with Crippen LogP contribution in [-0.2, 0) is 10.0 Å². The number of hydrogen-bond acceptors (Lipinski definition) is 4. The second kappa shape index (κ2) is 5.03. The van der Waals surface area contributed by atoms with Crippen molar-refractivity contribution in [1.82, 2.24) is 24.9 Å². The predicted octanol–water partition coefficient (Wildman–Crippen LogP) is 2.16. The van der Waals surface area contributed by atoms with Crippen molar-refractivity contribution in [2.24, 2.45) is 0 Å². The molecule has 2 saturated carbocycles. The molecule has 0 radical (unpaired) electrons. The molecule has 3 aromatic rings. The number of hydrogen-bond donors (Lipinski definition) is 3. The molecule has 7 nitrogen and oxygen atoms in total. The van der Waals surface area contributed by atoms with Crippen LogP contribution in [0.5, 0.6) is 0 Å². The molecule has 0 spiro atoms. The van der Waals surface area contributed by atoms with Gasteiger partial charge in [-0.3, -0.25) is 5.10 Å². The Balaban J connectivity index is 1.45. The molecule has 2 fully saturated rings. The van der Waals surface area contributed by atoms with Crippen molar-refractivity contribution in [3.63, 3.8) is 0 Å². The molecule has 0 aromatic carbocycles. The molecule has 24 heavy (non-hydrogen) atoms. The fourth-order valence-electron chi connectivity index (χ4n) is 3.88. The van der Waals surface area contributed by atoms with Gasteiger partial charge in [-0.05, 0) is 38.2 Å². The van der Waals surface area contributed by atoms with E-state index in [1.807, 2.05) is 12.3 Å². The summed E-state index contributed by atoms with van der Waals surface area (Å²) in [5.74, 6) is 0.270. The number of rotatable bonds is 4. The van der Waals surface area contributed by atoms with E-state index < -0.39 is 10.0 Å². The predicted molar refractivity (Wildman–Crippen MR) is 91.2 cm³/mol. The summed E-state index contributed by atoms with van der Waals surface area (Å²) in [5.41, 5.74) is 2.82. The van der Waals surface area contributed by atoms with Crippen LogP contribution in [0, 0.1) is 0 Å². The average Bonchev–Trinajstić information content (AvgIpc) is 2.96. The van der Waals surface area contributed by atoms with Crippen molar-refractivity contribution < 1.29 is 8.42 Å². The number of pyridine rings is 1. The van der Waals surface area contributed by atoms with Gasteiger partial charge in [0.05, 0.1) is 22.7 Å². The number of nitrogens with one attached hydrogen (secondary N) is 3. The third kappa shape index (κ3) is 2.24. The van der Waals surface area contributed by atoms with Crippen LogP contribution in [-0.4, -0.2) is 39.9 Å². The van der Waals surface area contributed by atoms with Gasteiger partial charge in [-0.2, -0.15) is 5.10 Å². The Bertz CT molecular complexity index is 1020. The lowest BCUT2D eigenvalue weighted by molar-refractivity contribution is 0.547. The first-order valence-corrected chi connectivity index (χ1v) is 9.97. The van der Waals surface area contributed by atoms with Gasteiger partial charge in [-0.1, -0.05) is 0 Å². The summed E-state index contributed by atoms with van der Waals surface area (Å²) in [6.45, 7) is 0.